The van der Waals surface area contributed by atoms with E-state index >= 15 is 4.39 Å². The summed E-state index contributed by atoms with van der Waals surface area (Å²) in [6, 6.07) is 15.8. The Morgan fingerprint density at radius 3 is 1.66 bits per heavy atom. The van der Waals surface area contributed by atoms with Gasteiger partial charge in [0.2, 0.25) is 0 Å². The Bertz CT molecular complexity index is 1510. The third kappa shape index (κ3) is 3.02. The molecule has 0 heterocycles. The summed E-state index contributed by atoms with van der Waals surface area (Å²) in [5.41, 5.74) is 0.849. The average molecular weight is 438 g/mol. The molecule has 0 aliphatic rings. The van der Waals surface area contributed by atoms with Gasteiger partial charge >= 0.3 is 0 Å². The van der Waals surface area contributed by atoms with Crippen molar-refractivity contribution in [3.05, 3.63) is 108 Å². The van der Waals surface area contributed by atoms with Gasteiger partial charge in [0.15, 0.2) is 29.1 Å². The Labute approximate surface area is 178 Å². The highest BCUT2D eigenvalue weighted by Crippen LogP contribution is 2.45. The van der Waals surface area contributed by atoms with Crippen LogP contribution in [-0.2, 0) is 0 Å². The van der Waals surface area contributed by atoms with Crippen molar-refractivity contribution in [3.63, 3.8) is 0 Å². The van der Waals surface area contributed by atoms with Crippen LogP contribution in [0.2, 0.25) is 0 Å². The van der Waals surface area contributed by atoms with Gasteiger partial charge in [-0.1, -0.05) is 42.5 Å². The van der Waals surface area contributed by atoms with Crippen LogP contribution in [0.15, 0.2) is 72.8 Å². The van der Waals surface area contributed by atoms with E-state index in [0.717, 1.165) is 24.3 Å². The Kier molecular flexibility index (Phi) is 4.66. The van der Waals surface area contributed by atoms with E-state index in [9.17, 15) is 22.0 Å². The van der Waals surface area contributed by atoms with Gasteiger partial charge < -0.3 is 0 Å². The number of benzene rings is 5. The van der Waals surface area contributed by atoms with Crippen LogP contribution < -0.4 is 0 Å². The lowest BCUT2D eigenvalue weighted by atomic mass is 9.85. The fourth-order valence-corrected chi connectivity index (χ4v) is 4.15. The van der Waals surface area contributed by atoms with Crippen LogP contribution in [0, 0.1) is 34.9 Å². The van der Waals surface area contributed by atoms with E-state index < -0.39 is 34.9 Å². The normalized spacial score (nSPS) is 11.4. The van der Waals surface area contributed by atoms with Crippen LogP contribution in [-0.4, -0.2) is 0 Å². The van der Waals surface area contributed by atoms with Gasteiger partial charge in [0, 0.05) is 10.9 Å². The molecule has 158 valence electrons. The first-order valence-corrected chi connectivity index (χ1v) is 9.60. The molecular weight excluding hydrogens is 426 g/mol. The third-order valence-electron chi connectivity index (χ3n) is 5.48. The SMILES string of the molecule is Fc1ccc(-c2c3ccccc3c(-c3cc(F)c(F)c(F)c3)c3cccc(F)c23)cc1F. The Morgan fingerprint density at radius 2 is 1.00 bits per heavy atom. The maximum atomic E-state index is 15.2. The molecule has 5 aromatic carbocycles. The smallest absolute Gasteiger partial charge is 0.194 e. The van der Waals surface area contributed by atoms with Gasteiger partial charge in [0.25, 0.3) is 0 Å². The average Bonchev–Trinajstić information content (AvgIpc) is 2.78. The van der Waals surface area contributed by atoms with Gasteiger partial charge in [-0.25, -0.2) is 26.3 Å². The Hall–Kier alpha value is -3.80. The molecule has 0 fully saturated rings. The molecule has 0 aliphatic heterocycles. The highest BCUT2D eigenvalue weighted by Gasteiger charge is 2.21. The molecule has 0 aliphatic carbocycles. The maximum absolute atomic E-state index is 15.2. The summed E-state index contributed by atoms with van der Waals surface area (Å²) in [6.45, 7) is 0. The first-order chi connectivity index (χ1) is 15.4. The first-order valence-electron chi connectivity index (χ1n) is 9.60. The molecule has 0 N–H and O–H groups in total. The van der Waals surface area contributed by atoms with E-state index in [4.69, 9.17) is 0 Å². The van der Waals surface area contributed by atoms with E-state index in [0.29, 0.717) is 21.9 Å². The maximum Gasteiger partial charge on any atom is 0.194 e. The van der Waals surface area contributed by atoms with Gasteiger partial charge in [0.05, 0.1) is 0 Å². The number of fused-ring (bicyclic) bond motifs is 2. The van der Waals surface area contributed by atoms with Gasteiger partial charge in [-0.3, -0.25) is 0 Å². The summed E-state index contributed by atoms with van der Waals surface area (Å²) in [6.07, 6.45) is 0. The van der Waals surface area contributed by atoms with Crippen molar-refractivity contribution in [1.29, 1.82) is 0 Å². The third-order valence-corrected chi connectivity index (χ3v) is 5.48. The van der Waals surface area contributed by atoms with Crippen molar-refractivity contribution in [2.75, 3.05) is 0 Å². The Morgan fingerprint density at radius 1 is 0.406 bits per heavy atom. The lowest BCUT2D eigenvalue weighted by Crippen LogP contribution is -1.96. The predicted molar refractivity (Wildman–Crippen MR) is 112 cm³/mol. The predicted octanol–water partition coefficient (Wildman–Crippen LogP) is 8.16. The van der Waals surface area contributed by atoms with Crippen molar-refractivity contribution < 1.29 is 26.3 Å². The molecule has 0 saturated heterocycles. The monoisotopic (exact) mass is 438 g/mol. The second kappa shape index (κ2) is 7.41. The zero-order valence-electron chi connectivity index (χ0n) is 16.2. The van der Waals surface area contributed by atoms with Crippen molar-refractivity contribution in [1.82, 2.24) is 0 Å². The molecular formula is C26H12F6. The van der Waals surface area contributed by atoms with Crippen LogP contribution in [0.1, 0.15) is 0 Å². The van der Waals surface area contributed by atoms with E-state index in [1.54, 1.807) is 30.3 Å². The van der Waals surface area contributed by atoms with Crippen LogP contribution in [0.3, 0.4) is 0 Å². The van der Waals surface area contributed by atoms with Crippen molar-refractivity contribution in [3.8, 4) is 22.3 Å². The highest BCUT2D eigenvalue weighted by atomic mass is 19.2. The molecule has 0 saturated carbocycles. The largest absolute Gasteiger partial charge is 0.206 e. The molecule has 5 aromatic rings. The van der Waals surface area contributed by atoms with Gasteiger partial charge in [-0.05, 0) is 63.2 Å². The summed E-state index contributed by atoms with van der Waals surface area (Å²) in [5, 5.41) is 1.29. The molecule has 0 amide bonds. The lowest BCUT2D eigenvalue weighted by Gasteiger charge is -2.18. The summed E-state index contributed by atoms with van der Waals surface area (Å²) in [4.78, 5) is 0. The second-order valence-electron chi connectivity index (χ2n) is 7.34. The zero-order chi connectivity index (χ0) is 22.6. The summed E-state index contributed by atoms with van der Waals surface area (Å²) >= 11 is 0. The van der Waals surface area contributed by atoms with Gasteiger partial charge in [-0.2, -0.15) is 0 Å². The number of hydrogen-bond acceptors (Lipinski definition) is 0. The van der Waals surface area contributed by atoms with Crippen LogP contribution in [0.4, 0.5) is 26.3 Å². The molecule has 0 aromatic heterocycles. The molecule has 32 heavy (non-hydrogen) atoms. The standard InChI is InChI=1S/C26H12F6/c27-18-9-8-13(10-20(18)29)24-16-5-2-1-4-15(16)23(17-6-3-7-19(28)25(17)24)14-11-21(30)26(32)22(31)12-14/h1-12H. The van der Waals surface area contributed by atoms with Crippen LogP contribution >= 0.6 is 0 Å². The summed E-state index contributed by atoms with van der Waals surface area (Å²) in [7, 11) is 0. The minimum Gasteiger partial charge on any atom is -0.206 e. The molecule has 6 heteroatoms. The van der Waals surface area contributed by atoms with Crippen molar-refractivity contribution in [2.45, 2.75) is 0 Å². The lowest BCUT2D eigenvalue weighted by molar-refractivity contribution is 0.448. The van der Waals surface area contributed by atoms with E-state index in [1.807, 2.05) is 0 Å². The quantitative estimate of drug-likeness (QED) is 0.148. The fourth-order valence-electron chi connectivity index (χ4n) is 4.15. The summed E-state index contributed by atoms with van der Waals surface area (Å²) < 4.78 is 84.5. The minimum atomic E-state index is -1.60. The first kappa shape index (κ1) is 20.1. The van der Waals surface area contributed by atoms with Crippen LogP contribution in [0.5, 0.6) is 0 Å². The van der Waals surface area contributed by atoms with Crippen molar-refractivity contribution >= 4 is 21.5 Å². The van der Waals surface area contributed by atoms with Gasteiger partial charge in [0.1, 0.15) is 5.82 Å². The molecule has 0 radical (unpaired) electrons. The zero-order valence-corrected chi connectivity index (χ0v) is 16.2. The minimum absolute atomic E-state index is 0.0186. The summed E-state index contributed by atoms with van der Waals surface area (Å²) in [5.74, 6) is -7.15. The number of hydrogen-bond donors (Lipinski definition) is 0. The molecule has 0 unspecified atom stereocenters. The molecule has 0 spiro atoms. The Balaban J connectivity index is 2.01. The molecule has 0 bridgehead atoms. The van der Waals surface area contributed by atoms with Gasteiger partial charge in [-0.15, -0.1) is 0 Å². The second-order valence-corrected chi connectivity index (χ2v) is 7.34. The molecule has 0 atom stereocenters. The topological polar surface area (TPSA) is 0 Å². The highest BCUT2D eigenvalue weighted by molar-refractivity contribution is 6.21. The van der Waals surface area contributed by atoms with Crippen molar-refractivity contribution in [2.24, 2.45) is 0 Å². The number of halogens is 6. The van der Waals surface area contributed by atoms with E-state index in [2.05, 4.69) is 0 Å². The molecule has 5 rings (SSSR count). The van der Waals surface area contributed by atoms with E-state index in [1.165, 1.54) is 18.2 Å². The molecule has 0 nitrogen and oxygen atoms in total. The van der Waals surface area contributed by atoms with Crippen LogP contribution in [0.25, 0.3) is 43.8 Å². The van der Waals surface area contributed by atoms with E-state index in [-0.39, 0.29) is 21.9 Å². The number of rotatable bonds is 2. The fraction of sp³-hybridized carbons (Fsp3) is 0.